The van der Waals surface area contributed by atoms with E-state index in [1.54, 1.807) is 29.1 Å². The number of aliphatic hydroxyl groups is 1. The molecule has 0 aliphatic heterocycles. The number of rotatable bonds is 3. The van der Waals surface area contributed by atoms with E-state index in [0.717, 1.165) is 15.0 Å². The molecule has 0 saturated carbocycles. The van der Waals surface area contributed by atoms with Crippen molar-refractivity contribution in [1.82, 2.24) is 9.78 Å². The summed E-state index contributed by atoms with van der Waals surface area (Å²) < 4.78 is 2.90. The highest BCUT2D eigenvalue weighted by Crippen LogP contribution is 2.39. The topological polar surface area (TPSA) is 38.0 Å². The minimum absolute atomic E-state index is 0.495. The predicted molar refractivity (Wildman–Crippen MR) is 83.4 cm³/mol. The van der Waals surface area contributed by atoms with E-state index in [9.17, 15) is 5.11 Å². The first-order chi connectivity index (χ1) is 9.54. The van der Waals surface area contributed by atoms with Crippen LogP contribution in [-0.4, -0.2) is 14.9 Å². The first-order valence-corrected chi connectivity index (χ1v) is 7.66. The van der Waals surface area contributed by atoms with E-state index in [1.165, 1.54) is 0 Å². The van der Waals surface area contributed by atoms with Gasteiger partial charge in [0.05, 0.1) is 16.9 Å². The van der Waals surface area contributed by atoms with Crippen molar-refractivity contribution >= 4 is 33.0 Å². The number of benzene rings is 1. The van der Waals surface area contributed by atoms with Crippen molar-refractivity contribution in [3.63, 3.8) is 0 Å². The molecule has 2 heterocycles. The van der Waals surface area contributed by atoms with Crippen LogP contribution in [0.3, 0.4) is 0 Å². The van der Waals surface area contributed by atoms with Crippen LogP contribution in [0.5, 0.6) is 0 Å². The van der Waals surface area contributed by atoms with Crippen molar-refractivity contribution in [2.24, 2.45) is 0 Å². The molecule has 5 heteroatoms. The summed E-state index contributed by atoms with van der Waals surface area (Å²) in [5, 5.41) is 16.8. The van der Waals surface area contributed by atoms with Crippen LogP contribution in [0.4, 0.5) is 0 Å². The van der Waals surface area contributed by atoms with Gasteiger partial charge in [0.15, 0.2) is 0 Å². The normalized spacial score (nSPS) is 14.6. The average Bonchev–Trinajstić information content (AvgIpc) is 3.02. The van der Waals surface area contributed by atoms with E-state index in [4.69, 9.17) is 11.6 Å². The molecular formula is C15H15ClN2OS. The summed E-state index contributed by atoms with van der Waals surface area (Å²) in [4.78, 5) is 0.871. The molecule has 0 fully saturated rings. The van der Waals surface area contributed by atoms with E-state index in [-0.39, 0.29) is 0 Å². The van der Waals surface area contributed by atoms with Gasteiger partial charge in [0.2, 0.25) is 0 Å². The molecule has 0 aliphatic rings. The number of thiophene rings is 1. The molecule has 0 aliphatic carbocycles. The number of fused-ring (bicyclic) bond motifs is 1. The van der Waals surface area contributed by atoms with Gasteiger partial charge in [0.1, 0.15) is 5.60 Å². The molecule has 3 nitrogen and oxygen atoms in total. The maximum absolute atomic E-state index is 11.0. The molecule has 1 N–H and O–H groups in total. The second-order valence-corrected chi connectivity index (χ2v) is 6.37. The SMILES string of the molecule is CCn1ncc(Cl)c1C(C)(O)c1cc2ccccc2s1. The molecule has 1 unspecified atom stereocenters. The van der Waals surface area contributed by atoms with Crippen LogP contribution in [0.15, 0.2) is 36.5 Å². The van der Waals surface area contributed by atoms with Gasteiger partial charge in [-0.3, -0.25) is 4.68 Å². The summed E-state index contributed by atoms with van der Waals surface area (Å²) in [6.45, 7) is 4.42. The van der Waals surface area contributed by atoms with Gasteiger partial charge < -0.3 is 5.11 Å². The van der Waals surface area contributed by atoms with Gasteiger partial charge in [-0.2, -0.15) is 5.10 Å². The summed E-state index contributed by atoms with van der Waals surface area (Å²) in [6, 6.07) is 10.1. The maximum atomic E-state index is 11.0. The highest BCUT2D eigenvalue weighted by Gasteiger charge is 2.33. The highest BCUT2D eigenvalue weighted by atomic mass is 35.5. The molecule has 0 bridgehead atoms. The first kappa shape index (κ1) is 13.6. The Labute approximate surface area is 126 Å². The second kappa shape index (κ2) is 4.88. The molecule has 0 spiro atoms. The Morgan fingerprint density at radius 1 is 1.40 bits per heavy atom. The molecule has 20 heavy (non-hydrogen) atoms. The van der Waals surface area contributed by atoms with Crippen LogP contribution in [0.25, 0.3) is 10.1 Å². The Morgan fingerprint density at radius 2 is 2.15 bits per heavy atom. The summed E-state index contributed by atoms with van der Waals surface area (Å²) in [5.41, 5.74) is -0.499. The van der Waals surface area contributed by atoms with Crippen molar-refractivity contribution in [2.45, 2.75) is 26.0 Å². The maximum Gasteiger partial charge on any atom is 0.139 e. The van der Waals surface area contributed by atoms with Crippen LogP contribution < -0.4 is 0 Å². The molecule has 0 amide bonds. The zero-order chi connectivity index (χ0) is 14.3. The van der Waals surface area contributed by atoms with E-state index in [0.29, 0.717) is 17.3 Å². The van der Waals surface area contributed by atoms with Crippen LogP contribution in [-0.2, 0) is 12.1 Å². The zero-order valence-corrected chi connectivity index (χ0v) is 12.9. The predicted octanol–water partition coefficient (Wildman–Crippen LogP) is 4.03. The first-order valence-electron chi connectivity index (χ1n) is 6.47. The third-order valence-corrected chi connectivity index (χ3v) is 5.06. The monoisotopic (exact) mass is 306 g/mol. The van der Waals surface area contributed by atoms with Gasteiger partial charge in [-0.1, -0.05) is 29.8 Å². The molecule has 1 aromatic carbocycles. The summed E-state index contributed by atoms with van der Waals surface area (Å²) in [6.07, 6.45) is 1.59. The smallest absolute Gasteiger partial charge is 0.139 e. The van der Waals surface area contributed by atoms with Gasteiger partial charge in [-0.25, -0.2) is 0 Å². The molecule has 1 atom stereocenters. The van der Waals surface area contributed by atoms with E-state index >= 15 is 0 Å². The van der Waals surface area contributed by atoms with Gasteiger partial charge in [-0.15, -0.1) is 11.3 Å². The standard InChI is InChI=1S/C15H15ClN2OS/c1-3-18-14(11(16)9-17-18)15(2,19)13-8-10-6-4-5-7-12(10)20-13/h4-9,19H,3H2,1-2H3. The number of aromatic nitrogens is 2. The van der Waals surface area contributed by atoms with Crippen molar-refractivity contribution in [3.8, 4) is 0 Å². The minimum atomic E-state index is -1.15. The number of halogens is 1. The summed E-state index contributed by atoms with van der Waals surface area (Å²) in [5.74, 6) is 0. The van der Waals surface area contributed by atoms with Gasteiger partial charge >= 0.3 is 0 Å². The fourth-order valence-electron chi connectivity index (χ4n) is 2.42. The zero-order valence-electron chi connectivity index (χ0n) is 11.3. The quantitative estimate of drug-likeness (QED) is 0.793. The molecule has 3 aromatic rings. The van der Waals surface area contributed by atoms with Crippen molar-refractivity contribution in [1.29, 1.82) is 0 Å². The molecule has 0 saturated heterocycles. The van der Waals surface area contributed by atoms with Crippen molar-refractivity contribution in [2.75, 3.05) is 0 Å². The van der Waals surface area contributed by atoms with Crippen LogP contribution in [0, 0.1) is 0 Å². The Kier molecular flexibility index (Phi) is 3.32. The summed E-state index contributed by atoms with van der Waals surface area (Å²) >= 11 is 7.80. The number of hydrogen-bond donors (Lipinski definition) is 1. The molecule has 104 valence electrons. The lowest BCUT2D eigenvalue weighted by Gasteiger charge is -2.23. The third-order valence-electron chi connectivity index (χ3n) is 3.46. The average molecular weight is 307 g/mol. The molecule has 3 rings (SSSR count). The van der Waals surface area contributed by atoms with Gasteiger partial charge in [-0.05, 0) is 31.4 Å². The van der Waals surface area contributed by atoms with Crippen LogP contribution >= 0.6 is 22.9 Å². The molecular weight excluding hydrogens is 292 g/mol. The van der Waals surface area contributed by atoms with Gasteiger partial charge in [0.25, 0.3) is 0 Å². The third kappa shape index (κ3) is 2.04. The Balaban J connectivity index is 2.17. The molecule has 0 radical (unpaired) electrons. The second-order valence-electron chi connectivity index (χ2n) is 4.88. The van der Waals surface area contributed by atoms with Crippen molar-refractivity contribution < 1.29 is 5.11 Å². The summed E-state index contributed by atoms with van der Waals surface area (Å²) in [7, 11) is 0. The Morgan fingerprint density at radius 3 is 2.85 bits per heavy atom. The van der Waals surface area contributed by atoms with E-state index in [2.05, 4.69) is 11.2 Å². The number of nitrogens with zero attached hydrogens (tertiary/aromatic N) is 2. The number of aryl methyl sites for hydroxylation is 1. The van der Waals surface area contributed by atoms with Crippen molar-refractivity contribution in [3.05, 3.63) is 52.1 Å². The highest BCUT2D eigenvalue weighted by molar-refractivity contribution is 7.19. The minimum Gasteiger partial charge on any atom is -0.378 e. The fourth-order valence-corrected chi connectivity index (χ4v) is 3.86. The largest absolute Gasteiger partial charge is 0.378 e. The number of hydrogen-bond acceptors (Lipinski definition) is 3. The van der Waals surface area contributed by atoms with Gasteiger partial charge in [0, 0.05) is 16.1 Å². The lowest BCUT2D eigenvalue weighted by atomic mass is 9.99. The fraction of sp³-hybridized carbons (Fsp3) is 0.267. The lowest BCUT2D eigenvalue weighted by Crippen LogP contribution is -2.26. The lowest BCUT2D eigenvalue weighted by molar-refractivity contribution is 0.0958. The van der Waals surface area contributed by atoms with Crippen LogP contribution in [0.1, 0.15) is 24.4 Å². The van der Waals surface area contributed by atoms with E-state index in [1.807, 2.05) is 31.2 Å². The Hall–Kier alpha value is -1.36. The van der Waals surface area contributed by atoms with E-state index < -0.39 is 5.60 Å². The molecule has 2 aromatic heterocycles. The van der Waals surface area contributed by atoms with Crippen LogP contribution in [0.2, 0.25) is 5.02 Å². The Bertz CT molecular complexity index is 727.